The minimum absolute atomic E-state index is 0.581. The van der Waals surface area contributed by atoms with Crippen molar-refractivity contribution in [1.82, 2.24) is 9.97 Å². The summed E-state index contributed by atoms with van der Waals surface area (Å²) in [5, 5.41) is 6.33. The molecule has 2 aromatic carbocycles. The predicted molar refractivity (Wildman–Crippen MR) is 88.9 cm³/mol. The molecule has 6 heteroatoms. The minimum atomic E-state index is 0.581. The second-order valence-corrected chi connectivity index (χ2v) is 5.23. The molecule has 1 aromatic heterocycles. The van der Waals surface area contributed by atoms with Crippen molar-refractivity contribution in [3.63, 3.8) is 0 Å². The van der Waals surface area contributed by atoms with Gasteiger partial charge in [0.2, 0.25) is 0 Å². The Balaban J connectivity index is 1.94. The largest absolute Gasteiger partial charge is 0.340 e. The van der Waals surface area contributed by atoms with Crippen molar-refractivity contribution in [1.29, 1.82) is 0 Å². The van der Waals surface area contributed by atoms with Crippen LogP contribution in [0.25, 0.3) is 10.8 Å². The summed E-state index contributed by atoms with van der Waals surface area (Å²) in [7, 11) is 0. The number of nitrogens with zero attached hydrogens (tertiary/aromatic N) is 2. The molecule has 5 nitrogen and oxygen atoms in total. The lowest BCUT2D eigenvalue weighted by molar-refractivity contribution is 0.971. The summed E-state index contributed by atoms with van der Waals surface area (Å²) in [5.41, 5.74) is 3.53. The predicted octanol–water partition coefficient (Wildman–Crippen LogP) is 3.38. The monoisotopic (exact) mass is 297 g/mol. The molecule has 0 aliphatic rings. The van der Waals surface area contributed by atoms with Crippen molar-refractivity contribution >= 4 is 39.9 Å². The normalized spacial score (nSPS) is 10.6. The standard InChI is InChI=1S/C15H15N5S/c1-21-15-18-13(9-14(19-15)20-16)17-12-7-6-10-4-2-3-5-11(10)8-12/h2-9H,16H2,1H3,(H2,17,18,19,20). The number of nitrogens with two attached hydrogens (primary N) is 1. The Morgan fingerprint density at radius 2 is 1.71 bits per heavy atom. The summed E-state index contributed by atoms with van der Waals surface area (Å²) in [4.78, 5) is 8.66. The SMILES string of the molecule is CSc1nc(NN)cc(Nc2ccc3ccccc3c2)n1. The molecule has 0 bridgehead atoms. The van der Waals surface area contributed by atoms with Gasteiger partial charge in [-0.2, -0.15) is 0 Å². The van der Waals surface area contributed by atoms with E-state index in [4.69, 9.17) is 5.84 Å². The number of hydrazine groups is 1. The van der Waals surface area contributed by atoms with Gasteiger partial charge in [0, 0.05) is 11.8 Å². The number of rotatable bonds is 4. The fourth-order valence-corrected chi connectivity index (χ4v) is 2.45. The van der Waals surface area contributed by atoms with Gasteiger partial charge in [0.1, 0.15) is 11.6 Å². The van der Waals surface area contributed by atoms with Crippen molar-refractivity contribution in [3.8, 4) is 0 Å². The summed E-state index contributed by atoms with van der Waals surface area (Å²) < 4.78 is 0. The number of hydrogen-bond acceptors (Lipinski definition) is 6. The van der Waals surface area contributed by atoms with E-state index in [1.165, 1.54) is 22.5 Å². The zero-order valence-corrected chi connectivity index (χ0v) is 12.3. The molecule has 0 fully saturated rings. The van der Waals surface area contributed by atoms with Crippen molar-refractivity contribution in [3.05, 3.63) is 48.5 Å². The van der Waals surface area contributed by atoms with E-state index in [2.05, 4.69) is 45.0 Å². The van der Waals surface area contributed by atoms with Crippen LogP contribution in [0.3, 0.4) is 0 Å². The van der Waals surface area contributed by atoms with Crippen LogP contribution in [-0.2, 0) is 0 Å². The molecule has 0 spiro atoms. The first-order valence-electron chi connectivity index (χ1n) is 6.44. The Bertz CT molecular complexity index is 753. The van der Waals surface area contributed by atoms with E-state index in [9.17, 15) is 0 Å². The van der Waals surface area contributed by atoms with Gasteiger partial charge in [0.25, 0.3) is 0 Å². The molecule has 3 rings (SSSR count). The highest BCUT2D eigenvalue weighted by Crippen LogP contribution is 2.23. The molecule has 21 heavy (non-hydrogen) atoms. The molecular formula is C15H15N5S. The second kappa shape index (κ2) is 5.99. The highest BCUT2D eigenvalue weighted by Gasteiger charge is 2.04. The Labute approximate surface area is 127 Å². The van der Waals surface area contributed by atoms with E-state index >= 15 is 0 Å². The van der Waals surface area contributed by atoms with Crippen molar-refractivity contribution in [2.45, 2.75) is 5.16 Å². The third kappa shape index (κ3) is 3.07. The fraction of sp³-hybridized carbons (Fsp3) is 0.0667. The highest BCUT2D eigenvalue weighted by molar-refractivity contribution is 7.98. The maximum atomic E-state index is 5.43. The first-order valence-corrected chi connectivity index (χ1v) is 7.66. The summed E-state index contributed by atoms with van der Waals surface area (Å²) >= 11 is 1.47. The van der Waals surface area contributed by atoms with Crippen LogP contribution >= 0.6 is 11.8 Å². The van der Waals surface area contributed by atoms with Crippen molar-refractivity contribution in [2.24, 2.45) is 5.84 Å². The maximum absolute atomic E-state index is 5.43. The molecule has 0 radical (unpaired) electrons. The summed E-state index contributed by atoms with van der Waals surface area (Å²) in [5.74, 6) is 6.72. The van der Waals surface area contributed by atoms with Crippen LogP contribution in [0.5, 0.6) is 0 Å². The zero-order chi connectivity index (χ0) is 14.7. The van der Waals surface area contributed by atoms with Crippen LogP contribution in [0.2, 0.25) is 0 Å². The molecule has 3 aromatic rings. The van der Waals surface area contributed by atoms with Gasteiger partial charge >= 0.3 is 0 Å². The summed E-state index contributed by atoms with van der Waals surface area (Å²) in [6, 6.07) is 16.2. The Kier molecular flexibility index (Phi) is 3.89. The van der Waals surface area contributed by atoms with E-state index in [1.807, 2.05) is 24.5 Å². The number of nitrogen functional groups attached to an aromatic ring is 1. The zero-order valence-electron chi connectivity index (χ0n) is 11.5. The molecule has 0 unspecified atom stereocenters. The first kappa shape index (κ1) is 13.7. The van der Waals surface area contributed by atoms with Crippen LogP contribution < -0.4 is 16.6 Å². The van der Waals surface area contributed by atoms with Crippen LogP contribution in [0, 0.1) is 0 Å². The van der Waals surface area contributed by atoms with Crippen molar-refractivity contribution < 1.29 is 0 Å². The number of anilines is 3. The number of benzene rings is 2. The lowest BCUT2D eigenvalue weighted by Gasteiger charge is -2.09. The van der Waals surface area contributed by atoms with Gasteiger partial charge in [-0.15, -0.1) is 0 Å². The Hall–Kier alpha value is -2.31. The summed E-state index contributed by atoms with van der Waals surface area (Å²) in [6.07, 6.45) is 1.93. The third-order valence-corrected chi connectivity index (χ3v) is 3.61. The number of hydrogen-bond donors (Lipinski definition) is 3. The maximum Gasteiger partial charge on any atom is 0.191 e. The number of thioether (sulfide) groups is 1. The lowest BCUT2D eigenvalue weighted by Crippen LogP contribution is -2.10. The average molecular weight is 297 g/mol. The van der Waals surface area contributed by atoms with Gasteiger partial charge < -0.3 is 10.7 Å². The van der Waals surface area contributed by atoms with E-state index in [0.717, 1.165) is 5.69 Å². The first-order chi connectivity index (χ1) is 10.3. The number of fused-ring (bicyclic) bond motifs is 1. The van der Waals surface area contributed by atoms with Gasteiger partial charge in [0.05, 0.1) is 0 Å². The molecule has 0 atom stereocenters. The molecule has 0 amide bonds. The van der Waals surface area contributed by atoms with Gasteiger partial charge in [-0.3, -0.25) is 0 Å². The van der Waals surface area contributed by atoms with E-state index < -0.39 is 0 Å². The van der Waals surface area contributed by atoms with Crippen LogP contribution in [-0.4, -0.2) is 16.2 Å². The molecule has 0 saturated heterocycles. The molecule has 4 N–H and O–H groups in total. The molecule has 0 aliphatic carbocycles. The second-order valence-electron chi connectivity index (χ2n) is 4.46. The highest BCUT2D eigenvalue weighted by atomic mass is 32.2. The van der Waals surface area contributed by atoms with Crippen LogP contribution in [0.1, 0.15) is 0 Å². The van der Waals surface area contributed by atoms with Gasteiger partial charge in [-0.1, -0.05) is 42.1 Å². The smallest absolute Gasteiger partial charge is 0.191 e. The Morgan fingerprint density at radius 3 is 2.48 bits per heavy atom. The van der Waals surface area contributed by atoms with E-state index in [0.29, 0.717) is 16.8 Å². The molecule has 0 aliphatic heterocycles. The molecular weight excluding hydrogens is 282 g/mol. The number of nitrogens with one attached hydrogen (secondary N) is 2. The number of aromatic nitrogens is 2. The van der Waals surface area contributed by atoms with Crippen LogP contribution in [0.15, 0.2) is 53.7 Å². The molecule has 0 saturated carbocycles. The van der Waals surface area contributed by atoms with E-state index in [1.54, 1.807) is 6.07 Å². The lowest BCUT2D eigenvalue weighted by atomic mass is 10.1. The Morgan fingerprint density at radius 1 is 0.952 bits per heavy atom. The van der Waals surface area contributed by atoms with Gasteiger partial charge in [-0.25, -0.2) is 15.8 Å². The third-order valence-electron chi connectivity index (χ3n) is 3.06. The van der Waals surface area contributed by atoms with Crippen molar-refractivity contribution in [2.75, 3.05) is 17.0 Å². The summed E-state index contributed by atoms with van der Waals surface area (Å²) in [6.45, 7) is 0. The van der Waals surface area contributed by atoms with Crippen LogP contribution in [0.4, 0.5) is 17.3 Å². The topological polar surface area (TPSA) is 75.9 Å². The van der Waals surface area contributed by atoms with E-state index in [-0.39, 0.29) is 0 Å². The van der Waals surface area contributed by atoms with Gasteiger partial charge in [0.15, 0.2) is 5.16 Å². The molecule has 106 valence electrons. The minimum Gasteiger partial charge on any atom is -0.340 e. The fourth-order valence-electron chi connectivity index (χ4n) is 2.07. The van der Waals surface area contributed by atoms with Gasteiger partial charge in [-0.05, 0) is 29.2 Å². The average Bonchev–Trinajstić information content (AvgIpc) is 2.54. The molecule has 1 heterocycles. The quantitative estimate of drug-likeness (QED) is 0.297.